The quantitative estimate of drug-likeness (QED) is 0.341. The van der Waals surface area contributed by atoms with Crippen LogP contribution in [0.4, 0.5) is 0 Å². The molecule has 0 aliphatic rings. The SMILES string of the molecule is COCCCN(CC(=O)N(Cc1ccccc1)Cc1ccc(C)s1)C(=O)c1ccc(Cl)cc1. The molecule has 0 unspecified atom stereocenters. The van der Waals surface area contributed by atoms with Gasteiger partial charge < -0.3 is 14.5 Å². The van der Waals surface area contributed by atoms with Gasteiger partial charge in [-0.1, -0.05) is 41.9 Å². The Balaban J connectivity index is 1.79. The molecule has 0 N–H and O–H groups in total. The summed E-state index contributed by atoms with van der Waals surface area (Å²) in [7, 11) is 1.63. The first-order valence-corrected chi connectivity index (χ1v) is 12.1. The van der Waals surface area contributed by atoms with Crippen molar-refractivity contribution >= 4 is 34.8 Å². The molecule has 5 nitrogen and oxygen atoms in total. The Hall–Kier alpha value is -2.67. The van der Waals surface area contributed by atoms with Gasteiger partial charge in [-0.2, -0.15) is 0 Å². The topological polar surface area (TPSA) is 49.9 Å². The highest BCUT2D eigenvalue weighted by Crippen LogP contribution is 2.19. The molecule has 0 aliphatic carbocycles. The van der Waals surface area contributed by atoms with Crippen LogP contribution in [0.15, 0.2) is 66.7 Å². The molecule has 0 saturated carbocycles. The van der Waals surface area contributed by atoms with Gasteiger partial charge in [-0.15, -0.1) is 11.3 Å². The van der Waals surface area contributed by atoms with Crippen LogP contribution >= 0.6 is 22.9 Å². The molecule has 3 aromatic rings. The fraction of sp³-hybridized carbons (Fsp3) is 0.308. The molecule has 0 radical (unpaired) electrons. The summed E-state index contributed by atoms with van der Waals surface area (Å²) in [5, 5.41) is 0.564. The van der Waals surface area contributed by atoms with Crippen molar-refractivity contribution in [1.29, 1.82) is 0 Å². The number of methoxy groups -OCH3 is 1. The minimum Gasteiger partial charge on any atom is -0.385 e. The zero-order valence-electron chi connectivity index (χ0n) is 19.0. The third-order valence-electron chi connectivity index (χ3n) is 5.19. The van der Waals surface area contributed by atoms with E-state index in [2.05, 4.69) is 19.1 Å². The van der Waals surface area contributed by atoms with Crippen LogP contribution in [0.25, 0.3) is 0 Å². The molecule has 0 fully saturated rings. The van der Waals surface area contributed by atoms with Crippen molar-refractivity contribution in [2.75, 3.05) is 26.8 Å². The molecule has 33 heavy (non-hydrogen) atoms. The summed E-state index contributed by atoms with van der Waals surface area (Å²) in [5.41, 5.74) is 1.56. The van der Waals surface area contributed by atoms with E-state index in [-0.39, 0.29) is 18.4 Å². The van der Waals surface area contributed by atoms with E-state index in [1.54, 1.807) is 47.6 Å². The maximum atomic E-state index is 13.5. The van der Waals surface area contributed by atoms with Crippen LogP contribution < -0.4 is 0 Å². The number of hydrogen-bond acceptors (Lipinski definition) is 4. The third-order valence-corrected chi connectivity index (χ3v) is 6.43. The van der Waals surface area contributed by atoms with Gasteiger partial charge in [0.05, 0.1) is 6.54 Å². The highest BCUT2D eigenvalue weighted by Gasteiger charge is 2.23. The van der Waals surface area contributed by atoms with Crippen molar-refractivity contribution in [1.82, 2.24) is 9.80 Å². The molecule has 7 heteroatoms. The Morgan fingerprint density at radius 3 is 2.30 bits per heavy atom. The maximum absolute atomic E-state index is 13.5. The average molecular weight is 485 g/mol. The highest BCUT2D eigenvalue weighted by molar-refractivity contribution is 7.11. The summed E-state index contributed by atoms with van der Waals surface area (Å²) < 4.78 is 5.16. The number of halogens is 1. The molecule has 0 aliphatic heterocycles. The smallest absolute Gasteiger partial charge is 0.254 e. The van der Waals surface area contributed by atoms with Crippen LogP contribution in [0.3, 0.4) is 0 Å². The Kier molecular flexibility index (Phi) is 9.48. The van der Waals surface area contributed by atoms with Crippen molar-refractivity contribution in [2.24, 2.45) is 0 Å². The molecule has 0 bridgehead atoms. The van der Waals surface area contributed by atoms with Crippen molar-refractivity contribution < 1.29 is 14.3 Å². The summed E-state index contributed by atoms with van der Waals surface area (Å²) in [6.45, 7) is 3.99. The lowest BCUT2D eigenvalue weighted by atomic mass is 10.2. The number of benzene rings is 2. The zero-order valence-corrected chi connectivity index (χ0v) is 20.6. The van der Waals surface area contributed by atoms with Crippen LogP contribution in [0.1, 0.15) is 32.1 Å². The lowest BCUT2D eigenvalue weighted by Gasteiger charge is -2.28. The molecule has 2 aromatic carbocycles. The number of carbonyl (C=O) groups is 2. The number of amides is 2. The van der Waals surface area contributed by atoms with E-state index in [9.17, 15) is 9.59 Å². The lowest BCUT2D eigenvalue weighted by molar-refractivity contribution is -0.133. The highest BCUT2D eigenvalue weighted by atomic mass is 35.5. The van der Waals surface area contributed by atoms with Crippen LogP contribution in [-0.2, 0) is 22.6 Å². The van der Waals surface area contributed by atoms with Crippen LogP contribution in [0.2, 0.25) is 5.02 Å². The van der Waals surface area contributed by atoms with Gasteiger partial charge in [-0.3, -0.25) is 9.59 Å². The second-order valence-corrected chi connectivity index (χ2v) is 9.64. The van der Waals surface area contributed by atoms with Crippen molar-refractivity contribution in [3.8, 4) is 0 Å². The number of thiophene rings is 1. The minimum absolute atomic E-state index is 0.00235. The fourth-order valence-corrected chi connectivity index (χ4v) is 4.52. The van der Waals surface area contributed by atoms with Gasteiger partial charge in [0.25, 0.3) is 5.91 Å². The fourth-order valence-electron chi connectivity index (χ4n) is 3.48. The summed E-state index contributed by atoms with van der Waals surface area (Å²) in [6.07, 6.45) is 0.645. The molecule has 1 heterocycles. The number of hydrogen-bond donors (Lipinski definition) is 0. The largest absolute Gasteiger partial charge is 0.385 e. The predicted octanol–water partition coefficient (Wildman–Crippen LogP) is 5.42. The monoisotopic (exact) mass is 484 g/mol. The molecule has 2 amide bonds. The Labute approximate surface area is 204 Å². The van der Waals surface area contributed by atoms with E-state index >= 15 is 0 Å². The summed E-state index contributed by atoms with van der Waals surface area (Å²) >= 11 is 7.66. The zero-order chi connectivity index (χ0) is 23.6. The minimum atomic E-state index is -0.192. The normalized spacial score (nSPS) is 10.8. The first-order chi connectivity index (χ1) is 16.0. The third kappa shape index (κ3) is 7.70. The second-order valence-electron chi connectivity index (χ2n) is 7.83. The van der Waals surface area contributed by atoms with E-state index < -0.39 is 0 Å². The Bertz CT molecular complexity index is 1040. The van der Waals surface area contributed by atoms with Crippen LogP contribution in [0, 0.1) is 6.92 Å². The van der Waals surface area contributed by atoms with Gasteiger partial charge in [0.15, 0.2) is 0 Å². The van der Waals surface area contributed by atoms with Gasteiger partial charge in [0.1, 0.15) is 6.54 Å². The van der Waals surface area contributed by atoms with Gasteiger partial charge in [0, 0.05) is 47.1 Å². The summed E-state index contributed by atoms with van der Waals surface area (Å²) in [5.74, 6) is -0.285. The second kappa shape index (κ2) is 12.5. The number of ether oxygens (including phenoxy) is 1. The van der Waals surface area contributed by atoms with Gasteiger partial charge >= 0.3 is 0 Å². The van der Waals surface area contributed by atoms with Gasteiger partial charge in [-0.05, 0) is 55.3 Å². The molecule has 0 atom stereocenters. The van der Waals surface area contributed by atoms with E-state index in [4.69, 9.17) is 16.3 Å². The first kappa shape index (κ1) is 25.0. The lowest BCUT2D eigenvalue weighted by Crippen LogP contribution is -2.43. The van der Waals surface area contributed by atoms with E-state index in [1.807, 2.05) is 35.2 Å². The van der Waals surface area contributed by atoms with Gasteiger partial charge in [-0.25, -0.2) is 0 Å². The van der Waals surface area contributed by atoms with E-state index in [0.717, 1.165) is 10.4 Å². The molecular formula is C26H29ClN2O3S. The maximum Gasteiger partial charge on any atom is 0.254 e. The summed E-state index contributed by atoms with van der Waals surface area (Å²) in [4.78, 5) is 32.4. The number of carbonyl (C=O) groups excluding carboxylic acids is 2. The van der Waals surface area contributed by atoms with Crippen molar-refractivity contribution in [3.63, 3.8) is 0 Å². The molecular weight excluding hydrogens is 456 g/mol. The number of rotatable bonds is 11. The van der Waals surface area contributed by atoms with Crippen molar-refractivity contribution in [3.05, 3.63) is 92.6 Å². The van der Waals surface area contributed by atoms with Crippen molar-refractivity contribution in [2.45, 2.75) is 26.4 Å². The van der Waals surface area contributed by atoms with Crippen LogP contribution in [0.5, 0.6) is 0 Å². The molecule has 3 rings (SSSR count). The molecule has 1 aromatic heterocycles. The van der Waals surface area contributed by atoms with E-state index in [1.165, 1.54) is 4.88 Å². The predicted molar refractivity (Wildman–Crippen MR) is 134 cm³/mol. The standard InChI is InChI=1S/C26H29ClN2O3S/c1-20-9-14-24(33-20)18-29(17-21-7-4-3-5-8-21)25(30)19-28(15-6-16-32-2)26(31)22-10-12-23(27)13-11-22/h3-5,7-14H,6,15-19H2,1-2H3. The number of aryl methyl sites for hydroxylation is 1. The first-order valence-electron chi connectivity index (χ1n) is 10.9. The molecule has 174 valence electrons. The Morgan fingerprint density at radius 2 is 1.67 bits per heavy atom. The number of nitrogens with zero attached hydrogens (tertiary/aromatic N) is 2. The molecule has 0 saturated heterocycles. The average Bonchev–Trinajstić information content (AvgIpc) is 3.23. The summed E-state index contributed by atoms with van der Waals surface area (Å²) in [6, 6.07) is 20.8. The van der Waals surface area contributed by atoms with Gasteiger partial charge in [0.2, 0.25) is 5.91 Å². The Morgan fingerprint density at radius 1 is 0.939 bits per heavy atom. The molecule has 0 spiro atoms. The van der Waals surface area contributed by atoms with E-state index in [0.29, 0.717) is 43.2 Å². The van der Waals surface area contributed by atoms with Crippen LogP contribution in [-0.4, -0.2) is 48.4 Å².